The molecule has 1 aromatic carbocycles. The summed E-state index contributed by atoms with van der Waals surface area (Å²) >= 11 is 5.83. The van der Waals surface area contributed by atoms with Crippen molar-refractivity contribution in [2.45, 2.75) is 31.7 Å². The van der Waals surface area contributed by atoms with Crippen LogP contribution in [0.4, 0.5) is 4.39 Å². The smallest absolute Gasteiger partial charge is 0.245 e. The Morgan fingerprint density at radius 1 is 1.36 bits per heavy atom. The molecule has 1 unspecified atom stereocenters. The summed E-state index contributed by atoms with van der Waals surface area (Å²) in [6.07, 6.45) is 0. The molecule has 0 bridgehead atoms. The average Bonchev–Trinajstić information content (AvgIpc) is 2.81. The van der Waals surface area contributed by atoms with Gasteiger partial charge in [0.05, 0.1) is 11.1 Å². The van der Waals surface area contributed by atoms with E-state index in [9.17, 15) is 12.8 Å². The molecule has 0 aliphatic heterocycles. The fraction of sp³-hybridized carbons (Fsp3) is 0.385. The van der Waals surface area contributed by atoms with Crippen LogP contribution in [0.2, 0.25) is 5.02 Å². The predicted molar refractivity (Wildman–Crippen MR) is 80.4 cm³/mol. The summed E-state index contributed by atoms with van der Waals surface area (Å²) in [6, 6.07) is 3.00. The fourth-order valence-electron chi connectivity index (χ4n) is 1.95. The maximum absolute atomic E-state index is 13.9. The number of nitrogens with zero attached hydrogens (tertiary/aromatic N) is 2. The van der Waals surface area contributed by atoms with E-state index < -0.39 is 26.8 Å². The van der Waals surface area contributed by atoms with Crippen molar-refractivity contribution >= 4 is 21.6 Å². The molecule has 0 spiro atoms. The number of aromatic amines is 1. The normalized spacial score (nSPS) is 13.5. The molecule has 1 atom stereocenters. The lowest BCUT2D eigenvalue weighted by Gasteiger charge is -2.20. The van der Waals surface area contributed by atoms with E-state index in [0.29, 0.717) is 11.6 Å². The highest BCUT2D eigenvalue weighted by atomic mass is 35.5. The molecular weight excluding hydrogens is 331 g/mol. The molecule has 0 saturated carbocycles. The van der Waals surface area contributed by atoms with Gasteiger partial charge in [-0.05, 0) is 25.0 Å². The topological polar surface area (TPSA) is 87.7 Å². The Hall–Kier alpha value is -1.51. The third kappa shape index (κ3) is 3.45. The van der Waals surface area contributed by atoms with Gasteiger partial charge in [0.15, 0.2) is 5.82 Å². The van der Waals surface area contributed by atoms with Crippen LogP contribution >= 0.6 is 11.6 Å². The minimum atomic E-state index is -4.16. The summed E-state index contributed by atoms with van der Waals surface area (Å²) in [7, 11) is -4.16. The molecule has 22 heavy (non-hydrogen) atoms. The van der Waals surface area contributed by atoms with Gasteiger partial charge in [-0.3, -0.25) is 5.10 Å². The van der Waals surface area contributed by atoms with Gasteiger partial charge in [0.25, 0.3) is 0 Å². The maximum atomic E-state index is 13.9. The number of H-pyrrole nitrogens is 1. The summed E-state index contributed by atoms with van der Waals surface area (Å²) in [6.45, 7) is 5.32. The van der Waals surface area contributed by atoms with E-state index in [-0.39, 0.29) is 10.9 Å². The molecule has 0 saturated heterocycles. The number of benzene rings is 1. The molecule has 0 fully saturated rings. The maximum Gasteiger partial charge on any atom is 0.245 e. The Bertz CT molecular complexity index is 756. The molecule has 9 heteroatoms. The summed E-state index contributed by atoms with van der Waals surface area (Å²) < 4.78 is 41.2. The Morgan fingerprint density at radius 2 is 2.05 bits per heavy atom. The number of hydrogen-bond donors (Lipinski definition) is 2. The van der Waals surface area contributed by atoms with Gasteiger partial charge in [-0.1, -0.05) is 31.5 Å². The summed E-state index contributed by atoms with van der Waals surface area (Å²) in [5.74, 6) is -0.198. The van der Waals surface area contributed by atoms with E-state index >= 15 is 0 Å². The molecular formula is C13H16ClFN4O2S. The second kappa shape index (κ2) is 6.31. The zero-order valence-corrected chi connectivity index (χ0v) is 13.8. The van der Waals surface area contributed by atoms with Crippen molar-refractivity contribution in [2.24, 2.45) is 5.92 Å². The standard InChI is InChI=1S/C13H16ClFN4O2S/c1-7(2)11(13-16-8(3)17-18-13)19-22(20,21)12-9(14)5-4-6-10(12)15/h4-7,11,19H,1-3H3,(H,16,17,18). The van der Waals surface area contributed by atoms with Crippen molar-refractivity contribution in [3.63, 3.8) is 0 Å². The number of sulfonamides is 1. The first-order valence-electron chi connectivity index (χ1n) is 6.57. The first-order chi connectivity index (χ1) is 10.2. The van der Waals surface area contributed by atoms with Gasteiger partial charge < -0.3 is 0 Å². The molecule has 6 nitrogen and oxygen atoms in total. The second-order valence-corrected chi connectivity index (χ2v) is 7.23. The van der Waals surface area contributed by atoms with E-state index in [1.165, 1.54) is 12.1 Å². The highest BCUT2D eigenvalue weighted by molar-refractivity contribution is 7.89. The van der Waals surface area contributed by atoms with E-state index in [1.807, 2.05) is 13.8 Å². The van der Waals surface area contributed by atoms with Crippen LogP contribution in [-0.4, -0.2) is 23.6 Å². The lowest BCUT2D eigenvalue weighted by atomic mass is 10.1. The van der Waals surface area contributed by atoms with Crippen molar-refractivity contribution in [2.75, 3.05) is 0 Å². The number of nitrogens with one attached hydrogen (secondary N) is 2. The molecule has 2 N–H and O–H groups in total. The largest absolute Gasteiger partial charge is 0.263 e. The van der Waals surface area contributed by atoms with Crippen LogP contribution in [0.1, 0.15) is 31.5 Å². The van der Waals surface area contributed by atoms with E-state index in [1.54, 1.807) is 6.92 Å². The Labute approximate surface area is 133 Å². The van der Waals surface area contributed by atoms with Crippen molar-refractivity contribution in [3.05, 3.63) is 40.7 Å². The highest BCUT2D eigenvalue weighted by Gasteiger charge is 2.30. The molecule has 2 aromatic rings. The molecule has 1 heterocycles. The molecule has 0 radical (unpaired) electrons. The van der Waals surface area contributed by atoms with Gasteiger partial charge in [0.1, 0.15) is 16.5 Å². The zero-order chi connectivity index (χ0) is 16.5. The molecule has 0 aliphatic rings. The van der Waals surface area contributed by atoms with E-state index in [4.69, 9.17) is 11.6 Å². The Morgan fingerprint density at radius 3 is 2.55 bits per heavy atom. The van der Waals surface area contributed by atoms with Crippen LogP contribution < -0.4 is 4.72 Å². The Balaban J connectivity index is 2.41. The highest BCUT2D eigenvalue weighted by Crippen LogP contribution is 2.27. The van der Waals surface area contributed by atoms with Gasteiger partial charge in [0.2, 0.25) is 10.0 Å². The molecule has 0 aliphatic carbocycles. The molecule has 2 rings (SSSR count). The minimum Gasteiger partial charge on any atom is -0.263 e. The van der Waals surface area contributed by atoms with Gasteiger partial charge in [-0.2, -0.15) is 9.82 Å². The fourth-order valence-corrected chi connectivity index (χ4v) is 3.90. The Kier molecular flexibility index (Phi) is 4.84. The van der Waals surface area contributed by atoms with E-state index in [0.717, 1.165) is 6.07 Å². The van der Waals surface area contributed by atoms with Crippen molar-refractivity contribution in [3.8, 4) is 0 Å². The SMILES string of the molecule is Cc1nc(C(NS(=O)(=O)c2c(F)cccc2Cl)C(C)C)n[nH]1. The predicted octanol–water partition coefficient (Wildman–Crippen LogP) is 2.58. The molecule has 0 amide bonds. The summed E-state index contributed by atoms with van der Waals surface area (Å²) in [5, 5.41) is 6.45. The lowest BCUT2D eigenvalue weighted by molar-refractivity contribution is 0.443. The van der Waals surface area contributed by atoms with Crippen molar-refractivity contribution in [1.29, 1.82) is 0 Å². The van der Waals surface area contributed by atoms with Crippen molar-refractivity contribution < 1.29 is 12.8 Å². The van der Waals surface area contributed by atoms with Crippen LogP contribution in [0.5, 0.6) is 0 Å². The summed E-state index contributed by atoms with van der Waals surface area (Å²) in [4.78, 5) is 3.56. The van der Waals surface area contributed by atoms with Crippen LogP contribution in [0, 0.1) is 18.7 Å². The monoisotopic (exact) mass is 346 g/mol. The minimum absolute atomic E-state index is 0.143. The quantitative estimate of drug-likeness (QED) is 0.871. The van der Waals surface area contributed by atoms with Crippen LogP contribution in [-0.2, 0) is 10.0 Å². The van der Waals surface area contributed by atoms with E-state index in [2.05, 4.69) is 19.9 Å². The third-order valence-corrected chi connectivity index (χ3v) is 4.97. The number of hydrogen-bond acceptors (Lipinski definition) is 4. The van der Waals surface area contributed by atoms with Crippen molar-refractivity contribution in [1.82, 2.24) is 19.9 Å². The first-order valence-corrected chi connectivity index (χ1v) is 8.43. The second-order valence-electron chi connectivity index (χ2n) is 5.17. The average molecular weight is 347 g/mol. The number of halogens is 2. The zero-order valence-electron chi connectivity index (χ0n) is 12.3. The number of aromatic nitrogens is 3. The first kappa shape index (κ1) is 16.9. The van der Waals surface area contributed by atoms with Gasteiger partial charge >= 0.3 is 0 Å². The lowest BCUT2D eigenvalue weighted by Crippen LogP contribution is -2.33. The molecule has 120 valence electrons. The van der Waals surface area contributed by atoms with Gasteiger partial charge in [-0.25, -0.2) is 17.8 Å². The number of aryl methyl sites for hydroxylation is 1. The molecule has 1 aromatic heterocycles. The van der Waals surface area contributed by atoms with Gasteiger partial charge in [-0.15, -0.1) is 0 Å². The van der Waals surface area contributed by atoms with Crippen LogP contribution in [0.15, 0.2) is 23.1 Å². The number of rotatable bonds is 5. The van der Waals surface area contributed by atoms with Crippen LogP contribution in [0.25, 0.3) is 0 Å². The third-order valence-electron chi connectivity index (χ3n) is 3.03. The van der Waals surface area contributed by atoms with Gasteiger partial charge in [0, 0.05) is 0 Å². The summed E-state index contributed by atoms with van der Waals surface area (Å²) in [5.41, 5.74) is 0. The van der Waals surface area contributed by atoms with Crippen LogP contribution in [0.3, 0.4) is 0 Å².